The molecule has 0 aliphatic carbocycles. The van der Waals surface area contributed by atoms with Gasteiger partial charge in [-0.2, -0.15) is 11.8 Å². The van der Waals surface area contributed by atoms with Gasteiger partial charge in [-0.1, -0.05) is 11.3 Å². The number of anilines is 2. The monoisotopic (exact) mass is 288 g/mol. The summed E-state index contributed by atoms with van der Waals surface area (Å²) in [7, 11) is 1.93. The zero-order valence-electron chi connectivity index (χ0n) is 11.2. The Labute approximate surface area is 116 Å². The van der Waals surface area contributed by atoms with Gasteiger partial charge in [0, 0.05) is 25.4 Å². The van der Waals surface area contributed by atoms with Gasteiger partial charge >= 0.3 is 0 Å². The topological polar surface area (TPSA) is 71.2 Å². The molecule has 0 spiro atoms. The number of nitrogens with one attached hydrogen (secondary N) is 1. The highest BCUT2D eigenvalue weighted by Crippen LogP contribution is 2.27. The molecule has 0 fully saturated rings. The van der Waals surface area contributed by atoms with Crippen molar-refractivity contribution in [3.8, 4) is 0 Å². The summed E-state index contributed by atoms with van der Waals surface area (Å²) in [4.78, 5) is 18.7. The summed E-state index contributed by atoms with van der Waals surface area (Å²) >= 11 is 3.03. The first kappa shape index (κ1) is 15.1. The number of thioether (sulfide) groups is 1. The van der Waals surface area contributed by atoms with Crippen molar-refractivity contribution in [2.24, 2.45) is 0 Å². The summed E-state index contributed by atoms with van der Waals surface area (Å²) in [5.74, 6) is 1.05. The molecule has 0 aliphatic rings. The summed E-state index contributed by atoms with van der Waals surface area (Å²) in [5, 5.41) is 3.70. The molecule has 0 radical (unpaired) electrons. The number of aromatic nitrogens is 1. The molecule has 1 heterocycles. The van der Waals surface area contributed by atoms with Gasteiger partial charge in [-0.25, -0.2) is 4.98 Å². The molecule has 1 atom stereocenters. The zero-order valence-corrected chi connectivity index (χ0v) is 12.8. The molecule has 0 saturated carbocycles. The lowest BCUT2D eigenvalue weighted by atomic mass is 10.3. The Kier molecular flexibility index (Phi) is 5.74. The molecule has 1 unspecified atom stereocenters. The minimum absolute atomic E-state index is 0.126. The van der Waals surface area contributed by atoms with Gasteiger partial charge in [-0.15, -0.1) is 0 Å². The third-order valence-electron chi connectivity index (χ3n) is 2.44. The first-order chi connectivity index (χ1) is 8.49. The molecule has 1 aromatic rings. The molecule has 3 N–H and O–H groups in total. The van der Waals surface area contributed by atoms with Crippen LogP contribution in [0.2, 0.25) is 0 Å². The van der Waals surface area contributed by atoms with Gasteiger partial charge in [0.2, 0.25) is 0 Å². The quantitative estimate of drug-likeness (QED) is 0.833. The standard InChI is InChI=1S/C11H20N4OS2/c1-5-15(3)11-14-9(12)8(18-11)10(16)13-7(2)6-17-4/h7H,5-6,12H2,1-4H3,(H,13,16). The average Bonchev–Trinajstić information content (AvgIpc) is 2.70. The molecule has 18 heavy (non-hydrogen) atoms. The van der Waals surface area contributed by atoms with Crippen molar-refractivity contribution in [3.63, 3.8) is 0 Å². The second-order valence-corrected chi connectivity index (χ2v) is 5.94. The van der Waals surface area contributed by atoms with E-state index in [1.807, 2.05) is 32.1 Å². The third kappa shape index (κ3) is 3.78. The van der Waals surface area contributed by atoms with E-state index in [0.29, 0.717) is 10.7 Å². The Balaban J connectivity index is 2.77. The maximum absolute atomic E-state index is 12.0. The fourth-order valence-corrected chi connectivity index (χ4v) is 2.86. The number of hydrogen-bond donors (Lipinski definition) is 2. The second-order valence-electron chi connectivity index (χ2n) is 4.05. The van der Waals surface area contributed by atoms with Crippen LogP contribution in [0.1, 0.15) is 23.5 Å². The fourth-order valence-electron chi connectivity index (χ4n) is 1.36. The summed E-state index contributed by atoms with van der Waals surface area (Å²) in [6.07, 6.45) is 2.01. The van der Waals surface area contributed by atoms with Crippen LogP contribution in [-0.4, -0.2) is 42.5 Å². The Morgan fingerprint density at radius 1 is 1.67 bits per heavy atom. The predicted octanol–water partition coefficient (Wildman–Crippen LogP) is 1.66. The van der Waals surface area contributed by atoms with Gasteiger partial charge in [0.15, 0.2) is 5.13 Å². The first-order valence-electron chi connectivity index (χ1n) is 5.76. The number of thiazole rings is 1. The van der Waals surface area contributed by atoms with Gasteiger partial charge in [-0.3, -0.25) is 4.79 Å². The molecule has 102 valence electrons. The number of hydrogen-bond acceptors (Lipinski definition) is 6. The molecule has 1 rings (SSSR count). The normalized spacial score (nSPS) is 12.2. The van der Waals surface area contributed by atoms with Crippen molar-refractivity contribution in [3.05, 3.63) is 4.88 Å². The molecular formula is C11H20N4OS2. The SMILES string of the molecule is CCN(C)c1nc(N)c(C(=O)NC(C)CSC)s1. The summed E-state index contributed by atoms with van der Waals surface area (Å²) in [6, 6.07) is 0.126. The summed E-state index contributed by atoms with van der Waals surface area (Å²) in [5.41, 5.74) is 5.79. The van der Waals surface area contributed by atoms with E-state index in [2.05, 4.69) is 10.3 Å². The lowest BCUT2D eigenvalue weighted by molar-refractivity contribution is 0.0948. The Morgan fingerprint density at radius 3 is 2.89 bits per heavy atom. The van der Waals surface area contributed by atoms with Crippen LogP contribution >= 0.6 is 23.1 Å². The highest BCUT2D eigenvalue weighted by Gasteiger charge is 2.18. The maximum Gasteiger partial charge on any atom is 0.265 e. The molecule has 0 aliphatic heterocycles. The van der Waals surface area contributed by atoms with Crippen LogP contribution in [0.25, 0.3) is 0 Å². The van der Waals surface area contributed by atoms with Gasteiger partial charge in [0.05, 0.1) is 0 Å². The molecule has 1 aromatic heterocycles. The van der Waals surface area contributed by atoms with Crippen molar-refractivity contribution >= 4 is 40.0 Å². The van der Waals surface area contributed by atoms with Crippen LogP contribution in [0.4, 0.5) is 10.9 Å². The van der Waals surface area contributed by atoms with Crippen LogP contribution in [-0.2, 0) is 0 Å². The molecule has 0 bridgehead atoms. The average molecular weight is 288 g/mol. The van der Waals surface area contributed by atoms with Crippen LogP contribution in [0.15, 0.2) is 0 Å². The van der Waals surface area contributed by atoms with Crippen LogP contribution in [0.3, 0.4) is 0 Å². The van der Waals surface area contributed by atoms with Gasteiger partial charge < -0.3 is 16.0 Å². The largest absolute Gasteiger partial charge is 0.382 e. The van der Waals surface area contributed by atoms with E-state index in [9.17, 15) is 4.79 Å². The van der Waals surface area contributed by atoms with E-state index in [0.717, 1.165) is 17.4 Å². The van der Waals surface area contributed by atoms with E-state index >= 15 is 0 Å². The third-order valence-corrected chi connectivity index (χ3v) is 4.46. The van der Waals surface area contributed by atoms with Crippen molar-refractivity contribution in [1.29, 1.82) is 0 Å². The minimum Gasteiger partial charge on any atom is -0.382 e. The lowest BCUT2D eigenvalue weighted by Crippen LogP contribution is -2.34. The molecular weight excluding hydrogens is 268 g/mol. The first-order valence-corrected chi connectivity index (χ1v) is 7.97. The minimum atomic E-state index is -0.137. The fraction of sp³-hybridized carbons (Fsp3) is 0.636. The van der Waals surface area contributed by atoms with Gasteiger partial charge in [0.1, 0.15) is 10.7 Å². The Morgan fingerprint density at radius 2 is 2.33 bits per heavy atom. The van der Waals surface area contributed by atoms with Crippen molar-refractivity contribution in [2.75, 3.05) is 36.2 Å². The number of nitrogens with two attached hydrogens (primary N) is 1. The second kappa shape index (κ2) is 6.84. The number of amides is 1. The van der Waals surface area contributed by atoms with E-state index in [4.69, 9.17) is 5.73 Å². The van der Waals surface area contributed by atoms with E-state index in [-0.39, 0.29) is 11.9 Å². The van der Waals surface area contributed by atoms with Crippen molar-refractivity contribution in [2.45, 2.75) is 19.9 Å². The highest BCUT2D eigenvalue weighted by molar-refractivity contribution is 7.98. The molecule has 5 nitrogen and oxygen atoms in total. The molecule has 7 heteroatoms. The number of carbonyl (C=O) groups excluding carboxylic acids is 1. The molecule has 0 saturated heterocycles. The van der Waals surface area contributed by atoms with Crippen molar-refractivity contribution in [1.82, 2.24) is 10.3 Å². The lowest BCUT2D eigenvalue weighted by Gasteiger charge is -2.12. The van der Waals surface area contributed by atoms with Crippen LogP contribution in [0.5, 0.6) is 0 Å². The number of nitrogens with zero attached hydrogens (tertiary/aromatic N) is 2. The van der Waals surface area contributed by atoms with E-state index in [1.54, 1.807) is 11.8 Å². The number of rotatable bonds is 6. The number of carbonyl (C=O) groups is 1. The van der Waals surface area contributed by atoms with Crippen molar-refractivity contribution < 1.29 is 4.79 Å². The van der Waals surface area contributed by atoms with E-state index < -0.39 is 0 Å². The van der Waals surface area contributed by atoms with E-state index in [1.165, 1.54) is 11.3 Å². The Bertz CT molecular complexity index is 408. The van der Waals surface area contributed by atoms with Gasteiger partial charge in [-0.05, 0) is 20.1 Å². The Hall–Kier alpha value is -0.950. The zero-order chi connectivity index (χ0) is 13.7. The molecule has 0 aromatic carbocycles. The number of nitrogen functional groups attached to an aromatic ring is 1. The predicted molar refractivity (Wildman–Crippen MR) is 80.8 cm³/mol. The molecule has 1 amide bonds. The summed E-state index contributed by atoms with van der Waals surface area (Å²) in [6.45, 7) is 4.83. The van der Waals surface area contributed by atoms with Gasteiger partial charge in [0.25, 0.3) is 5.91 Å². The van der Waals surface area contributed by atoms with Crippen LogP contribution < -0.4 is 16.0 Å². The smallest absolute Gasteiger partial charge is 0.265 e. The maximum atomic E-state index is 12.0. The highest BCUT2D eigenvalue weighted by atomic mass is 32.2. The van der Waals surface area contributed by atoms with Crippen LogP contribution in [0, 0.1) is 0 Å². The summed E-state index contributed by atoms with van der Waals surface area (Å²) < 4.78 is 0.